The molecule has 0 saturated heterocycles. The Labute approximate surface area is 161 Å². The third-order valence-corrected chi connectivity index (χ3v) is 5.07. The molecule has 1 aliphatic heterocycles. The third-order valence-electron chi connectivity index (χ3n) is 4.40. The van der Waals surface area contributed by atoms with E-state index in [2.05, 4.69) is 4.98 Å². The highest BCUT2D eigenvalue weighted by atomic mass is 32.1. The Balaban J connectivity index is 1.74. The van der Waals surface area contributed by atoms with Gasteiger partial charge in [-0.2, -0.15) is 0 Å². The molecule has 0 fully saturated rings. The van der Waals surface area contributed by atoms with Crippen LogP contribution in [0.2, 0.25) is 0 Å². The lowest BCUT2D eigenvalue weighted by atomic mass is 10.1. The van der Waals surface area contributed by atoms with Crippen LogP contribution in [-0.2, 0) is 4.79 Å². The molecule has 0 aliphatic carbocycles. The van der Waals surface area contributed by atoms with Gasteiger partial charge in [-0.05, 0) is 43.7 Å². The van der Waals surface area contributed by atoms with Gasteiger partial charge in [0.1, 0.15) is 0 Å². The number of aromatic nitrogens is 1. The maximum absolute atomic E-state index is 13.0. The highest BCUT2D eigenvalue weighted by molar-refractivity contribution is 7.13. The number of fused-ring (bicyclic) bond motifs is 1. The van der Waals surface area contributed by atoms with E-state index in [9.17, 15) is 4.79 Å². The number of nitrogens with two attached hydrogens (primary N) is 1. The van der Waals surface area contributed by atoms with Gasteiger partial charge in [-0.25, -0.2) is 4.98 Å². The highest BCUT2D eigenvalue weighted by Gasteiger charge is 2.29. The fraction of sp³-hybridized carbons (Fsp3) is 0.143. The van der Waals surface area contributed by atoms with E-state index in [1.54, 1.807) is 11.0 Å². The van der Waals surface area contributed by atoms with Crippen LogP contribution in [0, 0.1) is 6.92 Å². The molecule has 0 radical (unpaired) electrons. The molecule has 1 amide bonds. The lowest BCUT2D eigenvalue weighted by Crippen LogP contribution is -2.37. The second-order valence-electron chi connectivity index (χ2n) is 6.33. The number of anilines is 2. The van der Waals surface area contributed by atoms with Crippen molar-refractivity contribution in [1.82, 2.24) is 4.98 Å². The summed E-state index contributed by atoms with van der Waals surface area (Å²) in [7, 11) is 0. The van der Waals surface area contributed by atoms with Gasteiger partial charge in [0.25, 0.3) is 5.91 Å². The Morgan fingerprint density at radius 3 is 2.81 bits per heavy atom. The van der Waals surface area contributed by atoms with Crippen molar-refractivity contribution in [1.29, 1.82) is 0 Å². The van der Waals surface area contributed by atoms with Crippen molar-refractivity contribution < 1.29 is 9.53 Å². The van der Waals surface area contributed by atoms with Gasteiger partial charge < -0.3 is 15.4 Å². The number of aryl methyl sites for hydroxylation is 1. The van der Waals surface area contributed by atoms with E-state index in [1.807, 2.05) is 61.7 Å². The first kappa shape index (κ1) is 17.3. The summed E-state index contributed by atoms with van der Waals surface area (Å²) in [6.45, 7) is 4.51. The topological polar surface area (TPSA) is 68.5 Å². The lowest BCUT2D eigenvalue weighted by Gasteiger charge is -2.30. The molecule has 2 heterocycles. The van der Waals surface area contributed by atoms with Gasteiger partial charge in [0, 0.05) is 17.5 Å². The number of nitrogens with zero attached hydrogens (tertiary/aromatic N) is 2. The van der Waals surface area contributed by atoms with Crippen molar-refractivity contribution in [3.05, 3.63) is 64.7 Å². The van der Waals surface area contributed by atoms with E-state index >= 15 is 0 Å². The van der Waals surface area contributed by atoms with E-state index in [0.29, 0.717) is 23.2 Å². The first-order valence-electron chi connectivity index (χ1n) is 8.68. The van der Waals surface area contributed by atoms with Crippen LogP contribution in [0.1, 0.15) is 18.1 Å². The molecule has 136 valence electrons. The van der Waals surface area contributed by atoms with Gasteiger partial charge in [0.05, 0.1) is 11.4 Å². The summed E-state index contributed by atoms with van der Waals surface area (Å²) in [6, 6.07) is 13.7. The second-order valence-corrected chi connectivity index (χ2v) is 7.22. The molecule has 1 aromatic heterocycles. The van der Waals surface area contributed by atoms with E-state index < -0.39 is 0 Å². The minimum absolute atomic E-state index is 0.151. The van der Waals surface area contributed by atoms with E-state index in [-0.39, 0.29) is 5.91 Å². The zero-order chi connectivity index (χ0) is 19.0. The molecule has 27 heavy (non-hydrogen) atoms. The molecular weight excluding hydrogens is 358 g/mol. The van der Waals surface area contributed by atoms with Crippen molar-refractivity contribution in [2.45, 2.75) is 13.8 Å². The van der Waals surface area contributed by atoms with E-state index in [1.165, 1.54) is 11.3 Å². The summed E-state index contributed by atoms with van der Waals surface area (Å²) in [5, 5.41) is 2.42. The molecule has 0 spiro atoms. The average molecular weight is 377 g/mol. The zero-order valence-electron chi connectivity index (χ0n) is 15.1. The van der Waals surface area contributed by atoms with E-state index in [4.69, 9.17) is 10.5 Å². The number of hydrogen-bond donors (Lipinski definition) is 1. The molecule has 0 atom stereocenters. The average Bonchev–Trinajstić information content (AvgIpc) is 3.09. The minimum Gasteiger partial charge on any atom is -0.449 e. The highest BCUT2D eigenvalue weighted by Crippen LogP contribution is 2.39. The minimum atomic E-state index is -0.151. The molecular formula is C21H19N3O2S. The summed E-state index contributed by atoms with van der Waals surface area (Å²) < 4.78 is 5.94. The summed E-state index contributed by atoms with van der Waals surface area (Å²) in [4.78, 5) is 19.0. The van der Waals surface area contributed by atoms with Crippen molar-refractivity contribution in [2.75, 3.05) is 17.2 Å². The Hall–Kier alpha value is -3.12. The number of carbonyl (C=O) groups excluding carboxylic acids is 1. The van der Waals surface area contributed by atoms with Gasteiger partial charge in [-0.15, -0.1) is 11.3 Å². The molecule has 2 N–H and O–H groups in total. The van der Waals surface area contributed by atoms with Crippen LogP contribution in [0.4, 0.5) is 10.8 Å². The molecule has 4 rings (SSSR count). The molecule has 3 aromatic rings. The fourth-order valence-electron chi connectivity index (χ4n) is 3.12. The summed E-state index contributed by atoms with van der Waals surface area (Å²) in [5.74, 6) is 0.823. The van der Waals surface area contributed by atoms with Crippen LogP contribution < -0.4 is 15.4 Å². The van der Waals surface area contributed by atoms with Crippen molar-refractivity contribution in [2.24, 2.45) is 0 Å². The maximum Gasteiger partial charge on any atom is 0.294 e. The number of thiazole rings is 1. The maximum atomic E-state index is 13.0. The smallest absolute Gasteiger partial charge is 0.294 e. The molecule has 2 aromatic carbocycles. The summed E-state index contributed by atoms with van der Waals surface area (Å²) >= 11 is 1.39. The summed E-state index contributed by atoms with van der Waals surface area (Å²) in [5.41, 5.74) is 10.3. The SMILES string of the molecule is CCN1C(=O)/C(=C\c2cccc(C)c2)Oc2ccc(-c3csc(N)n3)cc21. The quantitative estimate of drug-likeness (QED) is 0.683. The Kier molecular flexibility index (Phi) is 4.41. The summed E-state index contributed by atoms with van der Waals surface area (Å²) in [6.07, 6.45) is 1.79. The van der Waals surface area contributed by atoms with Gasteiger partial charge in [0.15, 0.2) is 16.6 Å². The number of hydrogen-bond acceptors (Lipinski definition) is 5. The molecule has 0 unspecified atom stereocenters. The van der Waals surface area contributed by atoms with Gasteiger partial charge in [-0.3, -0.25) is 4.79 Å². The van der Waals surface area contributed by atoms with Crippen molar-refractivity contribution >= 4 is 34.1 Å². The monoisotopic (exact) mass is 377 g/mol. The van der Waals surface area contributed by atoms with Crippen LogP contribution in [0.5, 0.6) is 5.75 Å². The molecule has 1 aliphatic rings. The first-order valence-corrected chi connectivity index (χ1v) is 9.56. The Morgan fingerprint density at radius 1 is 1.26 bits per heavy atom. The molecule has 6 heteroatoms. The molecule has 0 saturated carbocycles. The van der Waals surface area contributed by atoms with Crippen molar-refractivity contribution in [3.63, 3.8) is 0 Å². The number of carbonyl (C=O) groups is 1. The predicted molar refractivity (Wildman–Crippen MR) is 110 cm³/mol. The number of benzene rings is 2. The second kappa shape index (κ2) is 6.89. The Bertz CT molecular complexity index is 1060. The largest absolute Gasteiger partial charge is 0.449 e. The van der Waals surface area contributed by atoms with Crippen LogP contribution in [0.3, 0.4) is 0 Å². The Morgan fingerprint density at radius 2 is 2.11 bits per heavy atom. The van der Waals surface area contributed by atoms with Crippen LogP contribution >= 0.6 is 11.3 Å². The standard InChI is InChI=1S/C21H19N3O2S/c1-3-24-17-11-15(16-12-27-21(22)23-16)7-8-18(17)26-19(20(24)25)10-14-6-4-5-13(2)9-14/h4-12H,3H2,1-2H3,(H2,22,23)/b19-10+. The van der Waals surface area contributed by atoms with Crippen LogP contribution in [0.25, 0.3) is 17.3 Å². The normalized spacial score (nSPS) is 15.0. The lowest BCUT2D eigenvalue weighted by molar-refractivity contribution is -0.117. The van der Waals surface area contributed by atoms with Gasteiger partial charge >= 0.3 is 0 Å². The van der Waals surface area contributed by atoms with E-state index in [0.717, 1.165) is 28.1 Å². The van der Waals surface area contributed by atoms with Gasteiger partial charge in [0.2, 0.25) is 0 Å². The number of rotatable bonds is 3. The molecule has 0 bridgehead atoms. The first-order chi connectivity index (χ1) is 13.0. The number of amides is 1. The number of nitrogen functional groups attached to an aromatic ring is 1. The fourth-order valence-corrected chi connectivity index (χ4v) is 3.69. The number of likely N-dealkylation sites (N-methyl/N-ethyl adjacent to an activating group) is 1. The van der Waals surface area contributed by atoms with Crippen LogP contribution in [-0.4, -0.2) is 17.4 Å². The molecule has 5 nitrogen and oxygen atoms in total. The third kappa shape index (κ3) is 3.31. The van der Waals surface area contributed by atoms with Crippen molar-refractivity contribution in [3.8, 4) is 17.0 Å². The van der Waals surface area contributed by atoms with Gasteiger partial charge in [-0.1, -0.05) is 29.8 Å². The zero-order valence-corrected chi connectivity index (χ0v) is 15.9. The van der Waals surface area contributed by atoms with Crippen LogP contribution in [0.15, 0.2) is 53.6 Å². The predicted octanol–water partition coefficient (Wildman–Crippen LogP) is 4.49. The number of ether oxygens (including phenoxy) is 1.